The largest absolute Gasteiger partial charge is 0.366 e. The SMILES string of the molecule is CCCN(Cc1ccc(C(N)=O)cc1Cl)CC(C)(C)CN. The fourth-order valence-corrected chi connectivity index (χ4v) is 2.51. The van der Waals surface area contributed by atoms with Gasteiger partial charge in [-0.15, -0.1) is 0 Å². The fraction of sp³-hybridized carbons (Fsp3) is 0.562. The van der Waals surface area contributed by atoms with Crippen LogP contribution in [0.2, 0.25) is 5.02 Å². The first-order valence-corrected chi connectivity index (χ1v) is 7.67. The maximum Gasteiger partial charge on any atom is 0.248 e. The number of hydrogen-bond acceptors (Lipinski definition) is 3. The molecule has 0 aromatic heterocycles. The average Bonchev–Trinajstić information content (AvgIpc) is 2.40. The van der Waals surface area contributed by atoms with E-state index in [9.17, 15) is 4.79 Å². The number of amides is 1. The molecule has 0 atom stereocenters. The van der Waals surface area contributed by atoms with Gasteiger partial charge in [-0.2, -0.15) is 0 Å². The van der Waals surface area contributed by atoms with Crippen LogP contribution in [0.15, 0.2) is 18.2 Å². The van der Waals surface area contributed by atoms with Crippen LogP contribution in [-0.2, 0) is 6.54 Å². The molecule has 1 aromatic rings. The van der Waals surface area contributed by atoms with Gasteiger partial charge in [-0.25, -0.2) is 0 Å². The Labute approximate surface area is 132 Å². The normalized spacial score (nSPS) is 11.9. The van der Waals surface area contributed by atoms with Crippen LogP contribution in [0.3, 0.4) is 0 Å². The van der Waals surface area contributed by atoms with Crippen molar-refractivity contribution in [2.75, 3.05) is 19.6 Å². The molecule has 0 spiro atoms. The van der Waals surface area contributed by atoms with Crippen molar-refractivity contribution >= 4 is 17.5 Å². The van der Waals surface area contributed by atoms with Gasteiger partial charge in [0, 0.05) is 23.7 Å². The Morgan fingerprint density at radius 2 is 2.05 bits per heavy atom. The van der Waals surface area contributed by atoms with Crippen LogP contribution >= 0.6 is 11.6 Å². The highest BCUT2D eigenvalue weighted by Crippen LogP contribution is 2.22. The lowest BCUT2D eigenvalue weighted by atomic mass is 9.92. The summed E-state index contributed by atoms with van der Waals surface area (Å²) in [6, 6.07) is 5.24. The van der Waals surface area contributed by atoms with Crippen molar-refractivity contribution in [2.45, 2.75) is 33.7 Å². The Balaban J connectivity index is 2.86. The summed E-state index contributed by atoms with van der Waals surface area (Å²) in [6.07, 6.45) is 1.07. The second-order valence-electron chi connectivity index (χ2n) is 6.25. The van der Waals surface area contributed by atoms with Crippen LogP contribution in [0.25, 0.3) is 0 Å². The van der Waals surface area contributed by atoms with Gasteiger partial charge in [-0.3, -0.25) is 9.69 Å². The van der Waals surface area contributed by atoms with Crippen molar-refractivity contribution in [3.8, 4) is 0 Å². The zero-order valence-corrected chi connectivity index (χ0v) is 13.9. The van der Waals surface area contributed by atoms with Crippen LogP contribution in [0.1, 0.15) is 43.1 Å². The maximum absolute atomic E-state index is 11.2. The first kappa shape index (κ1) is 18.0. The Hall–Kier alpha value is -1.10. The molecule has 1 rings (SSSR count). The highest BCUT2D eigenvalue weighted by atomic mass is 35.5. The number of nitrogens with two attached hydrogens (primary N) is 2. The van der Waals surface area contributed by atoms with E-state index >= 15 is 0 Å². The van der Waals surface area contributed by atoms with Crippen molar-refractivity contribution in [3.63, 3.8) is 0 Å². The Bertz CT molecular complexity index is 488. The van der Waals surface area contributed by atoms with Crippen LogP contribution < -0.4 is 11.5 Å². The number of halogens is 1. The van der Waals surface area contributed by atoms with Crippen LogP contribution in [0, 0.1) is 5.41 Å². The summed E-state index contributed by atoms with van der Waals surface area (Å²) in [5.41, 5.74) is 12.6. The van der Waals surface area contributed by atoms with Crippen LogP contribution in [-0.4, -0.2) is 30.4 Å². The number of nitrogens with zero attached hydrogens (tertiary/aromatic N) is 1. The van der Waals surface area contributed by atoms with E-state index in [0.29, 0.717) is 17.1 Å². The molecule has 0 aliphatic rings. The van der Waals surface area contributed by atoms with Crippen molar-refractivity contribution < 1.29 is 4.79 Å². The quantitative estimate of drug-likeness (QED) is 0.775. The van der Waals surface area contributed by atoms with Crippen molar-refractivity contribution in [2.24, 2.45) is 16.9 Å². The number of hydrogen-bond donors (Lipinski definition) is 2. The van der Waals surface area contributed by atoms with Gasteiger partial charge in [0.25, 0.3) is 0 Å². The standard InChI is InChI=1S/C16H26ClN3O/c1-4-7-20(11-16(2,3)10-18)9-13-6-5-12(15(19)21)8-14(13)17/h5-6,8H,4,7,9-11,18H2,1-3H3,(H2,19,21). The lowest BCUT2D eigenvalue weighted by molar-refractivity contribution is 0.100. The van der Waals surface area contributed by atoms with Crippen molar-refractivity contribution in [1.29, 1.82) is 0 Å². The number of benzene rings is 1. The summed E-state index contributed by atoms with van der Waals surface area (Å²) in [4.78, 5) is 13.5. The highest BCUT2D eigenvalue weighted by Gasteiger charge is 2.20. The Morgan fingerprint density at radius 3 is 2.52 bits per heavy atom. The molecular formula is C16H26ClN3O. The number of carbonyl (C=O) groups is 1. The molecule has 21 heavy (non-hydrogen) atoms. The minimum Gasteiger partial charge on any atom is -0.366 e. The van der Waals surface area contributed by atoms with E-state index in [1.54, 1.807) is 12.1 Å². The minimum absolute atomic E-state index is 0.0643. The molecule has 0 radical (unpaired) electrons. The fourth-order valence-electron chi connectivity index (χ4n) is 2.27. The van der Waals surface area contributed by atoms with E-state index < -0.39 is 5.91 Å². The summed E-state index contributed by atoms with van der Waals surface area (Å²) in [5, 5.41) is 0.581. The van der Waals surface area contributed by atoms with Gasteiger partial charge >= 0.3 is 0 Å². The molecule has 0 aliphatic carbocycles. The predicted molar refractivity (Wildman–Crippen MR) is 88.4 cm³/mol. The van der Waals surface area contributed by atoms with E-state index in [-0.39, 0.29) is 5.41 Å². The first-order valence-electron chi connectivity index (χ1n) is 7.29. The predicted octanol–water partition coefficient (Wildman–Crippen LogP) is 2.64. The molecule has 0 heterocycles. The minimum atomic E-state index is -0.460. The third-order valence-electron chi connectivity index (χ3n) is 3.48. The summed E-state index contributed by atoms with van der Waals surface area (Å²) in [7, 11) is 0. The average molecular weight is 312 g/mol. The topological polar surface area (TPSA) is 72.3 Å². The van der Waals surface area contributed by atoms with Crippen molar-refractivity contribution in [3.05, 3.63) is 34.3 Å². The summed E-state index contributed by atoms with van der Waals surface area (Å²) < 4.78 is 0. The van der Waals surface area contributed by atoms with E-state index in [1.807, 2.05) is 6.07 Å². The smallest absolute Gasteiger partial charge is 0.248 e. The van der Waals surface area contributed by atoms with Crippen LogP contribution in [0.4, 0.5) is 0 Å². The zero-order valence-electron chi connectivity index (χ0n) is 13.2. The second-order valence-corrected chi connectivity index (χ2v) is 6.66. The van der Waals surface area contributed by atoms with Gasteiger partial charge in [0.2, 0.25) is 5.91 Å². The Morgan fingerprint density at radius 1 is 1.38 bits per heavy atom. The molecule has 1 aromatic carbocycles. The van der Waals surface area contributed by atoms with Gasteiger partial charge in [0.05, 0.1) is 0 Å². The van der Waals surface area contributed by atoms with E-state index in [0.717, 1.165) is 31.6 Å². The summed E-state index contributed by atoms with van der Waals surface area (Å²) in [6.45, 7) is 9.75. The van der Waals surface area contributed by atoms with Crippen LogP contribution in [0.5, 0.6) is 0 Å². The zero-order chi connectivity index (χ0) is 16.0. The molecule has 0 fully saturated rings. The van der Waals surface area contributed by atoms with E-state index in [4.69, 9.17) is 23.1 Å². The van der Waals surface area contributed by atoms with Gasteiger partial charge in [0.15, 0.2) is 0 Å². The Kier molecular flexibility index (Phi) is 6.65. The molecule has 4 nitrogen and oxygen atoms in total. The molecule has 118 valence electrons. The lowest BCUT2D eigenvalue weighted by Crippen LogP contribution is -2.38. The summed E-state index contributed by atoms with van der Waals surface area (Å²) >= 11 is 6.26. The lowest BCUT2D eigenvalue weighted by Gasteiger charge is -2.32. The molecule has 0 saturated carbocycles. The molecule has 1 amide bonds. The number of carbonyl (C=O) groups excluding carboxylic acids is 1. The monoisotopic (exact) mass is 311 g/mol. The molecule has 0 saturated heterocycles. The maximum atomic E-state index is 11.2. The third kappa shape index (κ3) is 5.65. The third-order valence-corrected chi connectivity index (χ3v) is 3.83. The van der Waals surface area contributed by atoms with Crippen molar-refractivity contribution in [1.82, 2.24) is 4.90 Å². The molecular weight excluding hydrogens is 286 g/mol. The first-order chi connectivity index (χ1) is 9.79. The number of primary amides is 1. The second kappa shape index (κ2) is 7.78. The highest BCUT2D eigenvalue weighted by molar-refractivity contribution is 6.31. The molecule has 5 heteroatoms. The molecule has 0 aliphatic heterocycles. The van der Waals surface area contributed by atoms with Gasteiger partial charge in [-0.1, -0.05) is 38.4 Å². The summed E-state index contributed by atoms with van der Waals surface area (Å²) in [5.74, 6) is -0.460. The van der Waals surface area contributed by atoms with Gasteiger partial charge in [-0.05, 0) is 42.6 Å². The number of rotatable bonds is 8. The molecule has 0 bridgehead atoms. The molecule has 0 unspecified atom stereocenters. The van der Waals surface area contributed by atoms with Gasteiger partial charge < -0.3 is 11.5 Å². The van der Waals surface area contributed by atoms with E-state index in [2.05, 4.69) is 25.7 Å². The van der Waals surface area contributed by atoms with Gasteiger partial charge in [0.1, 0.15) is 0 Å². The van der Waals surface area contributed by atoms with E-state index in [1.165, 1.54) is 0 Å². The molecule has 4 N–H and O–H groups in total.